The number of hydrogen-bond donors (Lipinski definition) is 0. The highest BCUT2D eigenvalue weighted by molar-refractivity contribution is 9.09. The molecule has 7 heteroatoms. The molecule has 0 amide bonds. The summed E-state index contributed by atoms with van der Waals surface area (Å²) < 4.78 is 46.6. The molecule has 0 heterocycles. The van der Waals surface area contributed by atoms with Gasteiger partial charge in [0, 0.05) is 11.6 Å². The molecule has 0 bridgehead atoms. The zero-order chi connectivity index (χ0) is 14.5. The lowest BCUT2D eigenvalue weighted by Crippen LogP contribution is -2.07. The van der Waals surface area contributed by atoms with Crippen molar-refractivity contribution in [1.82, 2.24) is 0 Å². The lowest BCUT2D eigenvalue weighted by molar-refractivity contribution is 0.590. The van der Waals surface area contributed by atoms with Crippen molar-refractivity contribution < 1.29 is 16.8 Å². The van der Waals surface area contributed by atoms with Crippen LogP contribution in [0.25, 0.3) is 0 Å². The van der Waals surface area contributed by atoms with Crippen molar-refractivity contribution in [3.05, 3.63) is 24.3 Å². The molecular formula is C12H17BrO4S2. The van der Waals surface area contributed by atoms with Gasteiger partial charge in [0.2, 0.25) is 0 Å². The molecule has 0 saturated carbocycles. The maximum Gasteiger partial charge on any atom is 0.178 e. The van der Waals surface area contributed by atoms with Gasteiger partial charge in [-0.1, -0.05) is 22.4 Å². The fourth-order valence-electron chi connectivity index (χ4n) is 1.58. The lowest BCUT2D eigenvalue weighted by Gasteiger charge is -2.05. The number of alkyl halides is 1. The van der Waals surface area contributed by atoms with Crippen LogP contribution in [0.1, 0.15) is 19.3 Å². The van der Waals surface area contributed by atoms with E-state index in [1.807, 2.05) is 0 Å². The number of benzene rings is 1. The fraction of sp³-hybridized carbons (Fsp3) is 0.500. The van der Waals surface area contributed by atoms with E-state index in [2.05, 4.69) is 15.9 Å². The van der Waals surface area contributed by atoms with Gasteiger partial charge < -0.3 is 0 Å². The highest BCUT2D eigenvalue weighted by atomic mass is 79.9. The van der Waals surface area contributed by atoms with Gasteiger partial charge in [0.15, 0.2) is 19.7 Å². The molecule has 0 spiro atoms. The molecule has 0 radical (unpaired) electrons. The van der Waals surface area contributed by atoms with Crippen LogP contribution in [-0.4, -0.2) is 34.2 Å². The SMILES string of the molecule is CS(=O)(=O)c1ccc(S(=O)(=O)CCCCCBr)cc1. The molecule has 1 aromatic rings. The predicted molar refractivity (Wildman–Crippen MR) is 79.2 cm³/mol. The summed E-state index contributed by atoms with van der Waals surface area (Å²) in [6.07, 6.45) is 3.51. The third-order valence-corrected chi connectivity index (χ3v) is 6.16. The Morgan fingerprint density at radius 1 is 0.895 bits per heavy atom. The molecule has 0 unspecified atom stereocenters. The largest absolute Gasteiger partial charge is 0.224 e. The molecule has 0 saturated heterocycles. The summed E-state index contributed by atoms with van der Waals surface area (Å²) >= 11 is 3.30. The van der Waals surface area contributed by atoms with E-state index in [9.17, 15) is 16.8 Å². The summed E-state index contributed by atoms with van der Waals surface area (Å²) in [6.45, 7) is 0. The Bertz CT molecular complexity index is 604. The van der Waals surface area contributed by atoms with Gasteiger partial charge >= 0.3 is 0 Å². The van der Waals surface area contributed by atoms with Gasteiger partial charge in [-0.2, -0.15) is 0 Å². The summed E-state index contributed by atoms with van der Waals surface area (Å²) in [4.78, 5) is 0.310. The van der Waals surface area contributed by atoms with Gasteiger partial charge in [-0.3, -0.25) is 0 Å². The molecule has 0 aliphatic rings. The zero-order valence-corrected chi connectivity index (χ0v) is 13.9. The molecule has 1 aromatic carbocycles. The molecule has 19 heavy (non-hydrogen) atoms. The summed E-state index contributed by atoms with van der Waals surface area (Å²) in [6, 6.07) is 5.38. The minimum atomic E-state index is -3.31. The number of halogens is 1. The van der Waals surface area contributed by atoms with Crippen molar-refractivity contribution >= 4 is 35.6 Å². The van der Waals surface area contributed by atoms with Gasteiger partial charge in [-0.05, 0) is 37.1 Å². The van der Waals surface area contributed by atoms with Gasteiger partial charge in [-0.25, -0.2) is 16.8 Å². The van der Waals surface area contributed by atoms with Gasteiger partial charge in [0.05, 0.1) is 15.5 Å². The summed E-state index contributed by atoms with van der Waals surface area (Å²) in [5.74, 6) is 0.0955. The maximum absolute atomic E-state index is 12.0. The Hall–Kier alpha value is -0.400. The van der Waals surface area contributed by atoms with E-state index >= 15 is 0 Å². The quantitative estimate of drug-likeness (QED) is 0.547. The molecule has 0 atom stereocenters. The monoisotopic (exact) mass is 368 g/mol. The Balaban J connectivity index is 2.80. The maximum atomic E-state index is 12.0. The summed E-state index contributed by atoms with van der Waals surface area (Å²) in [5, 5.41) is 0.871. The third kappa shape index (κ3) is 5.24. The minimum Gasteiger partial charge on any atom is -0.224 e. The van der Waals surface area contributed by atoms with Crippen molar-refractivity contribution in [2.24, 2.45) is 0 Å². The molecule has 0 aliphatic heterocycles. The molecule has 0 aromatic heterocycles. The van der Waals surface area contributed by atoms with Crippen molar-refractivity contribution in [2.75, 3.05) is 17.3 Å². The first-order valence-electron chi connectivity index (χ1n) is 5.86. The van der Waals surface area contributed by atoms with E-state index in [-0.39, 0.29) is 15.5 Å². The van der Waals surface area contributed by atoms with Crippen molar-refractivity contribution in [3.63, 3.8) is 0 Å². The Labute approximate surface area is 123 Å². The van der Waals surface area contributed by atoms with Crippen LogP contribution in [0.15, 0.2) is 34.1 Å². The van der Waals surface area contributed by atoms with Crippen LogP contribution in [0, 0.1) is 0 Å². The average molecular weight is 369 g/mol. The zero-order valence-electron chi connectivity index (χ0n) is 10.7. The number of sulfone groups is 2. The third-order valence-electron chi connectivity index (χ3n) is 2.66. The molecule has 1 rings (SSSR count). The van der Waals surface area contributed by atoms with Crippen molar-refractivity contribution in [3.8, 4) is 0 Å². The highest BCUT2D eigenvalue weighted by Crippen LogP contribution is 2.17. The van der Waals surface area contributed by atoms with Crippen LogP contribution in [0.5, 0.6) is 0 Å². The first-order chi connectivity index (χ1) is 8.77. The number of unbranched alkanes of at least 4 members (excludes halogenated alkanes) is 2. The molecule has 4 nitrogen and oxygen atoms in total. The van der Waals surface area contributed by atoms with Crippen LogP contribution in [0.2, 0.25) is 0 Å². The van der Waals surface area contributed by atoms with Crippen molar-refractivity contribution in [1.29, 1.82) is 0 Å². The number of hydrogen-bond acceptors (Lipinski definition) is 4. The van der Waals surface area contributed by atoms with Crippen LogP contribution in [-0.2, 0) is 19.7 Å². The van der Waals surface area contributed by atoms with E-state index in [4.69, 9.17) is 0 Å². The van der Waals surface area contributed by atoms with Crippen LogP contribution < -0.4 is 0 Å². The van der Waals surface area contributed by atoms with E-state index in [1.165, 1.54) is 24.3 Å². The minimum absolute atomic E-state index is 0.0955. The topological polar surface area (TPSA) is 68.3 Å². The van der Waals surface area contributed by atoms with E-state index < -0.39 is 19.7 Å². The Morgan fingerprint density at radius 2 is 1.42 bits per heavy atom. The molecule has 0 aliphatic carbocycles. The lowest BCUT2D eigenvalue weighted by atomic mass is 10.3. The van der Waals surface area contributed by atoms with Crippen LogP contribution in [0.3, 0.4) is 0 Å². The Kier molecular flexibility index (Phi) is 6.01. The second-order valence-electron chi connectivity index (χ2n) is 4.31. The van der Waals surface area contributed by atoms with Gasteiger partial charge in [-0.15, -0.1) is 0 Å². The molecule has 108 valence electrons. The fourth-order valence-corrected chi connectivity index (χ4v) is 3.97. The Morgan fingerprint density at radius 3 is 1.89 bits per heavy atom. The smallest absolute Gasteiger partial charge is 0.178 e. The molecule has 0 N–H and O–H groups in total. The standard InChI is InChI=1S/C12H17BrO4S2/c1-18(14,15)11-5-7-12(8-6-11)19(16,17)10-4-2-3-9-13/h5-8H,2-4,9-10H2,1H3. The molecule has 0 fully saturated rings. The second kappa shape index (κ2) is 6.85. The first-order valence-corrected chi connectivity index (χ1v) is 10.5. The average Bonchev–Trinajstić information content (AvgIpc) is 2.34. The highest BCUT2D eigenvalue weighted by Gasteiger charge is 2.15. The predicted octanol–water partition coefficient (Wildman–Crippen LogP) is 2.43. The second-order valence-corrected chi connectivity index (χ2v) is 9.23. The van der Waals surface area contributed by atoms with Gasteiger partial charge in [0.1, 0.15) is 0 Å². The van der Waals surface area contributed by atoms with Crippen LogP contribution in [0.4, 0.5) is 0 Å². The van der Waals surface area contributed by atoms with E-state index in [0.29, 0.717) is 6.42 Å². The van der Waals surface area contributed by atoms with Crippen LogP contribution >= 0.6 is 15.9 Å². The van der Waals surface area contributed by atoms with Crippen molar-refractivity contribution in [2.45, 2.75) is 29.1 Å². The normalized spacial score (nSPS) is 12.5. The first kappa shape index (κ1) is 16.7. The summed E-state index contributed by atoms with van der Waals surface area (Å²) in [5.41, 5.74) is 0. The molecular weight excluding hydrogens is 352 g/mol. The van der Waals surface area contributed by atoms with E-state index in [1.54, 1.807) is 0 Å². The summed E-state index contributed by atoms with van der Waals surface area (Å²) in [7, 11) is -6.60. The number of rotatable bonds is 7. The van der Waals surface area contributed by atoms with Gasteiger partial charge in [0.25, 0.3) is 0 Å². The van der Waals surface area contributed by atoms with E-state index in [0.717, 1.165) is 24.4 Å².